The Hall–Kier alpha value is -2.09. The highest BCUT2D eigenvalue weighted by atomic mass is 32.2. The van der Waals surface area contributed by atoms with Crippen molar-refractivity contribution in [1.82, 2.24) is 4.31 Å². The first-order valence-corrected chi connectivity index (χ1v) is 10.1. The molecule has 3 rings (SSSR count). The van der Waals surface area contributed by atoms with Crippen molar-refractivity contribution in [2.45, 2.75) is 37.3 Å². The minimum absolute atomic E-state index is 0.00469. The van der Waals surface area contributed by atoms with Crippen LogP contribution in [0, 0.1) is 5.82 Å². The van der Waals surface area contributed by atoms with Crippen LogP contribution in [0.4, 0.5) is 4.39 Å². The van der Waals surface area contributed by atoms with Crippen molar-refractivity contribution in [3.05, 3.63) is 65.5 Å². The predicted octanol–water partition coefficient (Wildman–Crippen LogP) is 3.57. The lowest BCUT2D eigenvalue weighted by Crippen LogP contribution is -2.56. The number of morpholine rings is 1. The molecule has 1 saturated heterocycles. The van der Waals surface area contributed by atoms with Gasteiger partial charge in [0, 0.05) is 17.7 Å². The third-order valence-corrected chi connectivity index (χ3v) is 6.84. The van der Waals surface area contributed by atoms with Gasteiger partial charge >= 0.3 is 0 Å². The molecular formula is C20H22FNO4S. The number of benzene rings is 2. The minimum Gasteiger partial charge on any atom is -0.370 e. The molecule has 0 aliphatic carbocycles. The highest BCUT2D eigenvalue weighted by molar-refractivity contribution is 7.89. The van der Waals surface area contributed by atoms with E-state index in [9.17, 15) is 17.6 Å². The van der Waals surface area contributed by atoms with Gasteiger partial charge in [-0.15, -0.1) is 0 Å². The highest BCUT2D eigenvalue weighted by Gasteiger charge is 2.43. The quantitative estimate of drug-likeness (QED) is 0.748. The van der Waals surface area contributed by atoms with E-state index in [1.165, 1.54) is 41.6 Å². The molecule has 1 atom stereocenters. The first-order chi connectivity index (χ1) is 12.6. The van der Waals surface area contributed by atoms with Gasteiger partial charge in [-0.05, 0) is 39.0 Å². The van der Waals surface area contributed by atoms with Crippen LogP contribution >= 0.6 is 0 Å². The third kappa shape index (κ3) is 3.81. The van der Waals surface area contributed by atoms with Gasteiger partial charge in [-0.25, -0.2) is 12.8 Å². The average molecular weight is 391 g/mol. The number of Topliss-reactive ketones (excluding diaryl/α,β-unsaturated/α-hetero) is 1. The van der Waals surface area contributed by atoms with Crippen molar-refractivity contribution in [3.63, 3.8) is 0 Å². The Labute approximate surface area is 158 Å². The Morgan fingerprint density at radius 2 is 1.78 bits per heavy atom. The van der Waals surface area contributed by atoms with Crippen molar-refractivity contribution in [2.24, 2.45) is 0 Å². The number of carbonyl (C=O) groups excluding carboxylic acids is 1. The van der Waals surface area contributed by atoms with Gasteiger partial charge in [0.2, 0.25) is 10.0 Å². The van der Waals surface area contributed by atoms with Gasteiger partial charge in [0.25, 0.3) is 0 Å². The number of ether oxygens (including phenoxy) is 1. The van der Waals surface area contributed by atoms with Gasteiger partial charge in [0.1, 0.15) is 5.82 Å². The maximum absolute atomic E-state index is 14.2. The van der Waals surface area contributed by atoms with Gasteiger partial charge in [0.15, 0.2) is 5.78 Å². The fourth-order valence-electron chi connectivity index (χ4n) is 3.16. The molecule has 1 heterocycles. The SMILES string of the molecule is CC(=O)c1ccc(S(=O)(=O)N2CC(c3ccccc3F)OCC2(C)C)cc1. The Morgan fingerprint density at radius 1 is 1.15 bits per heavy atom. The number of rotatable bonds is 4. The van der Waals surface area contributed by atoms with Crippen LogP contribution in [0.2, 0.25) is 0 Å². The summed E-state index contributed by atoms with van der Waals surface area (Å²) in [6.45, 7) is 5.10. The molecule has 5 nitrogen and oxygen atoms in total. The summed E-state index contributed by atoms with van der Waals surface area (Å²) in [5.41, 5.74) is -0.0145. The van der Waals surface area contributed by atoms with Crippen molar-refractivity contribution in [3.8, 4) is 0 Å². The number of halogens is 1. The fourth-order valence-corrected chi connectivity index (χ4v) is 4.93. The van der Waals surface area contributed by atoms with Crippen LogP contribution in [0.3, 0.4) is 0 Å². The molecule has 2 aromatic rings. The van der Waals surface area contributed by atoms with Crippen LogP contribution < -0.4 is 0 Å². The lowest BCUT2D eigenvalue weighted by Gasteiger charge is -2.44. The molecule has 0 amide bonds. The number of hydrogen-bond acceptors (Lipinski definition) is 4. The maximum Gasteiger partial charge on any atom is 0.243 e. The molecule has 0 N–H and O–H groups in total. The van der Waals surface area contributed by atoms with E-state index in [4.69, 9.17) is 4.74 Å². The topological polar surface area (TPSA) is 63.7 Å². The zero-order valence-electron chi connectivity index (χ0n) is 15.5. The van der Waals surface area contributed by atoms with E-state index in [1.54, 1.807) is 32.0 Å². The summed E-state index contributed by atoms with van der Waals surface area (Å²) < 4.78 is 47.8. The Kier molecular flexibility index (Phi) is 5.20. The zero-order chi connectivity index (χ0) is 19.8. The Morgan fingerprint density at radius 3 is 2.37 bits per heavy atom. The fraction of sp³-hybridized carbons (Fsp3) is 0.350. The zero-order valence-corrected chi connectivity index (χ0v) is 16.3. The molecule has 27 heavy (non-hydrogen) atoms. The minimum atomic E-state index is -3.85. The van der Waals surface area contributed by atoms with Gasteiger partial charge in [0.05, 0.1) is 23.1 Å². The molecule has 1 aliphatic rings. The lowest BCUT2D eigenvalue weighted by atomic mass is 10.0. The summed E-state index contributed by atoms with van der Waals surface area (Å²) in [6.07, 6.45) is -0.689. The van der Waals surface area contributed by atoms with E-state index < -0.39 is 27.5 Å². The monoisotopic (exact) mass is 391 g/mol. The molecule has 1 fully saturated rings. The van der Waals surface area contributed by atoms with E-state index in [0.29, 0.717) is 11.1 Å². The van der Waals surface area contributed by atoms with Crippen LogP contribution in [0.1, 0.15) is 42.8 Å². The second kappa shape index (κ2) is 7.14. The number of ketones is 1. The van der Waals surface area contributed by atoms with Crippen LogP contribution in [-0.2, 0) is 14.8 Å². The summed E-state index contributed by atoms with van der Waals surface area (Å²) in [6, 6.07) is 12.1. The molecule has 1 unspecified atom stereocenters. The Bertz CT molecular complexity index is 954. The normalized spacial score (nSPS) is 20.4. The molecule has 1 aliphatic heterocycles. The second-order valence-corrected chi connectivity index (χ2v) is 9.11. The molecule has 0 radical (unpaired) electrons. The molecule has 0 aromatic heterocycles. The smallest absolute Gasteiger partial charge is 0.243 e. The molecular weight excluding hydrogens is 369 g/mol. The summed E-state index contributed by atoms with van der Waals surface area (Å²) >= 11 is 0. The van der Waals surface area contributed by atoms with Crippen LogP contribution in [0.15, 0.2) is 53.4 Å². The molecule has 144 valence electrons. The van der Waals surface area contributed by atoms with E-state index in [1.807, 2.05) is 0 Å². The van der Waals surface area contributed by atoms with Crippen molar-refractivity contribution in [1.29, 1.82) is 0 Å². The Balaban J connectivity index is 1.96. The maximum atomic E-state index is 14.2. The van der Waals surface area contributed by atoms with Crippen molar-refractivity contribution < 1.29 is 22.3 Å². The first kappa shape index (κ1) is 19.7. The summed E-state index contributed by atoms with van der Waals surface area (Å²) in [4.78, 5) is 11.5. The average Bonchev–Trinajstić information content (AvgIpc) is 2.62. The summed E-state index contributed by atoms with van der Waals surface area (Å²) in [5, 5.41) is 0. The largest absolute Gasteiger partial charge is 0.370 e. The lowest BCUT2D eigenvalue weighted by molar-refractivity contribution is -0.0667. The van der Waals surface area contributed by atoms with Crippen LogP contribution in [0.5, 0.6) is 0 Å². The van der Waals surface area contributed by atoms with Crippen LogP contribution in [0.25, 0.3) is 0 Å². The van der Waals surface area contributed by atoms with Gasteiger partial charge < -0.3 is 4.74 Å². The van der Waals surface area contributed by atoms with E-state index >= 15 is 0 Å². The molecule has 0 bridgehead atoms. The number of hydrogen-bond donors (Lipinski definition) is 0. The number of nitrogens with zero attached hydrogens (tertiary/aromatic N) is 1. The highest BCUT2D eigenvalue weighted by Crippen LogP contribution is 2.35. The third-order valence-electron chi connectivity index (χ3n) is 4.75. The van der Waals surface area contributed by atoms with Gasteiger partial charge in [-0.1, -0.05) is 30.3 Å². The molecule has 0 spiro atoms. The molecule has 2 aromatic carbocycles. The molecule has 0 saturated carbocycles. The number of sulfonamides is 1. The number of carbonyl (C=O) groups is 1. The predicted molar refractivity (Wildman–Crippen MR) is 99.5 cm³/mol. The van der Waals surface area contributed by atoms with Gasteiger partial charge in [-0.2, -0.15) is 4.31 Å². The van der Waals surface area contributed by atoms with E-state index in [2.05, 4.69) is 0 Å². The summed E-state index contributed by atoms with van der Waals surface area (Å²) in [7, 11) is -3.85. The van der Waals surface area contributed by atoms with Crippen molar-refractivity contribution >= 4 is 15.8 Å². The van der Waals surface area contributed by atoms with Crippen LogP contribution in [-0.4, -0.2) is 37.2 Å². The standard InChI is InChI=1S/C20H22FNO4S/c1-14(23)15-8-10-16(11-9-15)27(24,25)22-12-19(26-13-20(22,2)3)17-6-4-5-7-18(17)21/h4-11,19H,12-13H2,1-3H3. The van der Waals surface area contributed by atoms with Crippen molar-refractivity contribution in [2.75, 3.05) is 13.2 Å². The van der Waals surface area contributed by atoms with E-state index in [-0.39, 0.29) is 23.8 Å². The summed E-state index contributed by atoms with van der Waals surface area (Å²) in [5.74, 6) is -0.560. The van der Waals surface area contributed by atoms with E-state index in [0.717, 1.165) is 0 Å². The molecule has 7 heteroatoms. The van der Waals surface area contributed by atoms with Gasteiger partial charge in [-0.3, -0.25) is 4.79 Å². The first-order valence-electron chi connectivity index (χ1n) is 8.63. The second-order valence-electron chi connectivity index (χ2n) is 7.25.